The topological polar surface area (TPSA) is 55.1 Å². The second-order valence-corrected chi connectivity index (χ2v) is 2.03. The normalized spacial score (nSPS) is 9.45. The van der Waals surface area contributed by atoms with E-state index in [0.717, 1.165) is 0 Å². The van der Waals surface area contributed by atoms with Crippen molar-refractivity contribution in [2.24, 2.45) is 0 Å². The van der Waals surface area contributed by atoms with E-state index in [1.54, 1.807) is 6.08 Å². The molecule has 0 radical (unpaired) electrons. The van der Waals surface area contributed by atoms with Gasteiger partial charge < -0.3 is 9.67 Å². The van der Waals surface area contributed by atoms with Crippen molar-refractivity contribution < 1.29 is 9.90 Å². The van der Waals surface area contributed by atoms with Crippen molar-refractivity contribution in [1.29, 1.82) is 0 Å². The van der Waals surface area contributed by atoms with Crippen LogP contribution in [-0.4, -0.2) is 20.6 Å². The maximum atomic E-state index is 10.5. The second kappa shape index (κ2) is 3.01. The molecule has 58 valence electrons. The van der Waals surface area contributed by atoms with Gasteiger partial charge in [-0.15, -0.1) is 6.58 Å². The van der Waals surface area contributed by atoms with Crippen molar-refractivity contribution in [3.63, 3.8) is 0 Å². The van der Waals surface area contributed by atoms with Crippen LogP contribution in [0.15, 0.2) is 25.2 Å². The number of hydrogen-bond acceptors (Lipinski definition) is 2. The number of nitrogens with zero attached hydrogens (tertiary/aromatic N) is 2. The number of rotatable bonds is 3. The van der Waals surface area contributed by atoms with Crippen LogP contribution in [0, 0.1) is 0 Å². The molecule has 0 aliphatic heterocycles. The molecule has 0 aromatic carbocycles. The molecule has 0 aliphatic rings. The molecule has 0 unspecified atom stereocenters. The Morgan fingerprint density at radius 3 is 3.18 bits per heavy atom. The van der Waals surface area contributed by atoms with Crippen LogP contribution in [0.3, 0.4) is 0 Å². The summed E-state index contributed by atoms with van der Waals surface area (Å²) in [5, 5.41) is 8.59. The van der Waals surface area contributed by atoms with Gasteiger partial charge in [-0.2, -0.15) is 0 Å². The first-order valence-electron chi connectivity index (χ1n) is 3.10. The lowest BCUT2D eigenvalue weighted by atomic mass is 10.4. The summed E-state index contributed by atoms with van der Waals surface area (Å²) in [5.74, 6) is -0.968. The van der Waals surface area contributed by atoms with E-state index >= 15 is 0 Å². The minimum absolute atomic E-state index is 0.185. The number of imidazole rings is 1. The summed E-state index contributed by atoms with van der Waals surface area (Å²) in [4.78, 5) is 14.2. The van der Waals surface area contributed by atoms with E-state index in [2.05, 4.69) is 11.6 Å². The summed E-state index contributed by atoms with van der Waals surface area (Å²) in [6.07, 6.45) is 4.39. The number of hydrogen-bond donors (Lipinski definition) is 1. The fourth-order valence-electron chi connectivity index (χ4n) is 0.783. The molecule has 1 heterocycles. The van der Waals surface area contributed by atoms with E-state index in [-0.39, 0.29) is 5.69 Å². The molecule has 0 fully saturated rings. The van der Waals surface area contributed by atoms with Gasteiger partial charge in [-0.25, -0.2) is 9.78 Å². The van der Waals surface area contributed by atoms with Gasteiger partial charge in [-0.05, 0) is 0 Å². The Hall–Kier alpha value is -1.58. The lowest BCUT2D eigenvalue weighted by Gasteiger charge is -1.98. The molecule has 0 amide bonds. The van der Waals surface area contributed by atoms with Gasteiger partial charge in [0, 0.05) is 6.54 Å². The van der Waals surface area contributed by atoms with Gasteiger partial charge in [0.05, 0.1) is 12.5 Å². The van der Waals surface area contributed by atoms with E-state index in [1.807, 2.05) is 0 Å². The van der Waals surface area contributed by atoms with E-state index in [9.17, 15) is 4.79 Å². The van der Waals surface area contributed by atoms with E-state index in [4.69, 9.17) is 5.11 Å². The fraction of sp³-hybridized carbons (Fsp3) is 0.143. The monoisotopic (exact) mass is 152 g/mol. The van der Waals surface area contributed by atoms with Crippen molar-refractivity contribution in [3.05, 3.63) is 30.9 Å². The third kappa shape index (κ3) is 1.46. The molecule has 0 bridgehead atoms. The zero-order valence-electron chi connectivity index (χ0n) is 5.90. The van der Waals surface area contributed by atoms with E-state index < -0.39 is 5.97 Å². The Labute approximate surface area is 63.8 Å². The Kier molecular flexibility index (Phi) is 2.06. The molecular formula is C7H8N2O2. The zero-order valence-corrected chi connectivity index (χ0v) is 5.90. The third-order valence-electron chi connectivity index (χ3n) is 1.26. The molecule has 11 heavy (non-hydrogen) atoms. The lowest BCUT2D eigenvalue weighted by molar-refractivity contribution is 0.0686. The van der Waals surface area contributed by atoms with Gasteiger partial charge in [0.25, 0.3) is 0 Å². The summed E-state index contributed by atoms with van der Waals surface area (Å²) in [6.45, 7) is 3.97. The average molecular weight is 152 g/mol. The molecule has 0 atom stereocenters. The number of allylic oxidation sites excluding steroid dienone is 1. The third-order valence-corrected chi connectivity index (χ3v) is 1.26. The van der Waals surface area contributed by atoms with Crippen molar-refractivity contribution >= 4 is 5.97 Å². The minimum atomic E-state index is -0.968. The standard InChI is InChI=1S/C7H8N2O2/c1-2-3-9-5-8-4-6(9)7(10)11/h2,4-5H,1,3H2,(H,10,11). The predicted octanol–water partition coefficient (Wildman–Crippen LogP) is 0.767. The Balaban J connectivity index is 2.95. The van der Waals surface area contributed by atoms with Crippen molar-refractivity contribution in [1.82, 2.24) is 9.55 Å². The summed E-state index contributed by atoms with van der Waals surface area (Å²) in [6, 6.07) is 0. The number of carboxylic acid groups (broad SMARTS) is 1. The Morgan fingerprint density at radius 2 is 2.64 bits per heavy atom. The highest BCUT2D eigenvalue weighted by Gasteiger charge is 2.07. The van der Waals surface area contributed by atoms with Crippen LogP contribution in [0.1, 0.15) is 10.5 Å². The zero-order chi connectivity index (χ0) is 8.27. The van der Waals surface area contributed by atoms with Gasteiger partial charge in [0.2, 0.25) is 0 Å². The molecule has 0 aliphatic carbocycles. The lowest BCUT2D eigenvalue weighted by Crippen LogP contribution is -2.05. The highest BCUT2D eigenvalue weighted by atomic mass is 16.4. The first-order chi connectivity index (χ1) is 5.25. The first kappa shape index (κ1) is 7.53. The molecular weight excluding hydrogens is 144 g/mol. The molecule has 1 aromatic heterocycles. The number of aromatic nitrogens is 2. The molecule has 1 aromatic rings. The smallest absolute Gasteiger partial charge is 0.354 e. The highest BCUT2D eigenvalue weighted by Crippen LogP contribution is 1.98. The number of aromatic carboxylic acids is 1. The second-order valence-electron chi connectivity index (χ2n) is 2.03. The number of carbonyl (C=O) groups is 1. The maximum absolute atomic E-state index is 10.5. The highest BCUT2D eigenvalue weighted by molar-refractivity contribution is 5.85. The van der Waals surface area contributed by atoms with Gasteiger partial charge in [-0.3, -0.25) is 0 Å². The van der Waals surface area contributed by atoms with Crippen molar-refractivity contribution in [3.8, 4) is 0 Å². The van der Waals surface area contributed by atoms with Crippen LogP contribution < -0.4 is 0 Å². The summed E-state index contributed by atoms with van der Waals surface area (Å²) in [7, 11) is 0. The van der Waals surface area contributed by atoms with Gasteiger partial charge in [0.1, 0.15) is 5.69 Å². The Morgan fingerprint density at radius 1 is 1.91 bits per heavy atom. The molecule has 0 saturated heterocycles. The molecule has 1 N–H and O–H groups in total. The van der Waals surface area contributed by atoms with Gasteiger partial charge in [-0.1, -0.05) is 6.08 Å². The van der Waals surface area contributed by atoms with Gasteiger partial charge >= 0.3 is 5.97 Å². The van der Waals surface area contributed by atoms with Crippen LogP contribution in [0.5, 0.6) is 0 Å². The molecule has 0 spiro atoms. The minimum Gasteiger partial charge on any atom is -0.477 e. The van der Waals surface area contributed by atoms with Crippen LogP contribution in [0.4, 0.5) is 0 Å². The predicted molar refractivity (Wildman–Crippen MR) is 39.4 cm³/mol. The van der Waals surface area contributed by atoms with Crippen LogP contribution >= 0.6 is 0 Å². The number of carboxylic acids is 1. The first-order valence-corrected chi connectivity index (χ1v) is 3.10. The molecule has 4 heteroatoms. The summed E-state index contributed by atoms with van der Waals surface area (Å²) >= 11 is 0. The SMILES string of the molecule is C=CCn1cncc1C(=O)O. The Bertz CT molecular complexity index is 278. The van der Waals surface area contributed by atoms with E-state index in [0.29, 0.717) is 6.54 Å². The summed E-state index contributed by atoms with van der Waals surface area (Å²) in [5.41, 5.74) is 0.185. The van der Waals surface area contributed by atoms with Crippen LogP contribution in [0.25, 0.3) is 0 Å². The van der Waals surface area contributed by atoms with Crippen LogP contribution in [-0.2, 0) is 6.54 Å². The van der Waals surface area contributed by atoms with Crippen LogP contribution in [0.2, 0.25) is 0 Å². The van der Waals surface area contributed by atoms with Gasteiger partial charge in [0.15, 0.2) is 0 Å². The van der Waals surface area contributed by atoms with E-state index in [1.165, 1.54) is 17.1 Å². The maximum Gasteiger partial charge on any atom is 0.354 e. The molecule has 4 nitrogen and oxygen atoms in total. The van der Waals surface area contributed by atoms with Crippen molar-refractivity contribution in [2.75, 3.05) is 0 Å². The largest absolute Gasteiger partial charge is 0.477 e. The average Bonchev–Trinajstić information content (AvgIpc) is 2.36. The molecule has 1 rings (SSSR count). The fourth-order valence-corrected chi connectivity index (χ4v) is 0.783. The quantitative estimate of drug-likeness (QED) is 0.651. The molecule has 0 saturated carbocycles. The van der Waals surface area contributed by atoms with Crippen molar-refractivity contribution in [2.45, 2.75) is 6.54 Å². The summed E-state index contributed by atoms with van der Waals surface area (Å²) < 4.78 is 1.51.